The van der Waals surface area contributed by atoms with Crippen LogP contribution in [0.25, 0.3) is 0 Å². The number of nitrogens with two attached hydrogens (primary N) is 1. The second kappa shape index (κ2) is 10.7. The van der Waals surface area contributed by atoms with E-state index in [0.717, 1.165) is 21.3 Å². The lowest BCUT2D eigenvalue weighted by molar-refractivity contribution is -0.118. The van der Waals surface area contributed by atoms with Crippen molar-refractivity contribution in [2.24, 2.45) is 5.14 Å². The van der Waals surface area contributed by atoms with Gasteiger partial charge in [0.2, 0.25) is 10.0 Å². The van der Waals surface area contributed by atoms with Crippen molar-refractivity contribution in [3.05, 3.63) is 76.3 Å². The number of methoxy groups -OCH3 is 1. The molecule has 8 nitrogen and oxygen atoms in total. The minimum absolute atomic E-state index is 0.0452. The summed E-state index contributed by atoms with van der Waals surface area (Å²) >= 11 is 3.52. The summed E-state index contributed by atoms with van der Waals surface area (Å²) in [4.78, 5) is 12.3. The van der Waals surface area contributed by atoms with E-state index in [-0.39, 0.29) is 17.4 Å². The third-order valence-corrected chi connectivity index (χ3v) is 6.36. The van der Waals surface area contributed by atoms with Crippen LogP contribution < -0.4 is 25.2 Å². The van der Waals surface area contributed by atoms with Crippen LogP contribution in [0.3, 0.4) is 0 Å². The van der Waals surface area contributed by atoms with Crippen molar-refractivity contribution >= 4 is 43.2 Å². The summed E-state index contributed by atoms with van der Waals surface area (Å²) in [6.07, 6.45) is 0. The van der Waals surface area contributed by atoms with Crippen LogP contribution in [0.5, 0.6) is 11.5 Å². The lowest BCUT2D eigenvalue weighted by atomic mass is 10.2. The highest BCUT2D eigenvalue weighted by molar-refractivity contribution is 9.10. The highest BCUT2D eigenvalue weighted by Crippen LogP contribution is 2.34. The monoisotopic (exact) mass is 533 g/mol. The highest BCUT2D eigenvalue weighted by Gasteiger charge is 2.13. The Morgan fingerprint density at radius 3 is 2.24 bits per heavy atom. The average Bonchev–Trinajstić information content (AvgIpc) is 2.78. The van der Waals surface area contributed by atoms with E-state index in [4.69, 9.17) is 14.6 Å². The number of anilines is 2. The van der Waals surface area contributed by atoms with Crippen molar-refractivity contribution in [2.45, 2.75) is 18.4 Å². The fourth-order valence-electron chi connectivity index (χ4n) is 2.92. The molecule has 33 heavy (non-hydrogen) atoms. The van der Waals surface area contributed by atoms with Crippen LogP contribution in [0.15, 0.2) is 70.0 Å². The van der Waals surface area contributed by atoms with Crippen molar-refractivity contribution in [2.75, 3.05) is 24.4 Å². The Morgan fingerprint density at radius 1 is 1.00 bits per heavy atom. The number of nitrogens with one attached hydrogen (secondary N) is 2. The maximum atomic E-state index is 12.2. The lowest BCUT2D eigenvalue weighted by Crippen LogP contribution is -2.20. The number of sulfonamides is 1. The van der Waals surface area contributed by atoms with Gasteiger partial charge in [0.25, 0.3) is 5.91 Å². The lowest BCUT2D eigenvalue weighted by Gasteiger charge is -2.15. The molecular weight excluding hydrogens is 510 g/mol. The van der Waals surface area contributed by atoms with E-state index in [9.17, 15) is 13.2 Å². The molecule has 0 aliphatic rings. The smallest absolute Gasteiger partial charge is 0.262 e. The average molecular weight is 534 g/mol. The second-order valence-corrected chi connectivity index (χ2v) is 9.64. The number of aryl methyl sites for hydroxylation is 1. The zero-order valence-corrected chi connectivity index (χ0v) is 20.5. The van der Waals surface area contributed by atoms with E-state index >= 15 is 0 Å². The van der Waals surface area contributed by atoms with Gasteiger partial charge in [-0.3, -0.25) is 4.79 Å². The Balaban J connectivity index is 1.62. The molecule has 1 amide bonds. The van der Waals surface area contributed by atoms with Gasteiger partial charge >= 0.3 is 0 Å². The SMILES string of the molecule is COc1cc(CNc2ccc(S(N)(=O)=O)cc2)c(Br)cc1OCC(=O)Nc1ccc(C)cc1. The highest BCUT2D eigenvalue weighted by atomic mass is 79.9. The summed E-state index contributed by atoms with van der Waals surface area (Å²) in [6, 6.07) is 17.2. The third kappa shape index (κ3) is 6.95. The van der Waals surface area contributed by atoms with Crippen molar-refractivity contribution in [3.8, 4) is 11.5 Å². The van der Waals surface area contributed by atoms with Crippen LogP contribution in [0, 0.1) is 6.92 Å². The number of benzene rings is 3. The Kier molecular flexibility index (Phi) is 7.96. The summed E-state index contributed by atoms with van der Waals surface area (Å²) in [7, 11) is -2.21. The Morgan fingerprint density at radius 2 is 1.64 bits per heavy atom. The number of amides is 1. The quantitative estimate of drug-likeness (QED) is 0.381. The van der Waals surface area contributed by atoms with Gasteiger partial charge < -0.3 is 20.1 Å². The van der Waals surface area contributed by atoms with Gasteiger partial charge in [0.05, 0.1) is 12.0 Å². The summed E-state index contributed by atoms with van der Waals surface area (Å²) in [5.74, 6) is 0.609. The molecule has 3 rings (SSSR count). The first-order valence-electron chi connectivity index (χ1n) is 9.88. The fourth-order valence-corrected chi connectivity index (χ4v) is 3.90. The molecule has 10 heteroatoms. The predicted octanol–water partition coefficient (Wildman–Crippen LogP) is 4.04. The molecule has 174 valence electrons. The molecule has 0 radical (unpaired) electrons. The molecule has 0 unspecified atom stereocenters. The molecule has 0 atom stereocenters. The molecule has 0 heterocycles. The fraction of sp³-hybridized carbons (Fsp3) is 0.174. The van der Waals surface area contributed by atoms with E-state index in [1.54, 1.807) is 24.3 Å². The molecule has 0 spiro atoms. The standard InChI is InChI=1S/C23H24BrN3O5S/c1-15-3-5-18(6-4-15)27-23(28)14-32-22-12-20(24)16(11-21(22)31-2)13-26-17-7-9-19(10-8-17)33(25,29)30/h3-12,26H,13-14H2,1-2H3,(H,27,28)(H2,25,29,30). The topological polar surface area (TPSA) is 120 Å². The van der Waals surface area contributed by atoms with Crippen molar-refractivity contribution < 1.29 is 22.7 Å². The summed E-state index contributed by atoms with van der Waals surface area (Å²) in [5, 5.41) is 11.1. The van der Waals surface area contributed by atoms with Crippen LogP contribution in [-0.2, 0) is 21.4 Å². The summed E-state index contributed by atoms with van der Waals surface area (Å²) in [6.45, 7) is 2.23. The van der Waals surface area contributed by atoms with E-state index in [2.05, 4.69) is 26.6 Å². The van der Waals surface area contributed by atoms with Crippen LogP contribution in [0.1, 0.15) is 11.1 Å². The Hall–Kier alpha value is -3.08. The first kappa shape index (κ1) is 24.6. The number of carbonyl (C=O) groups is 1. The van der Waals surface area contributed by atoms with Gasteiger partial charge in [-0.1, -0.05) is 33.6 Å². The van der Waals surface area contributed by atoms with Crippen LogP contribution in [0.2, 0.25) is 0 Å². The van der Waals surface area contributed by atoms with E-state index in [1.165, 1.54) is 19.2 Å². The van der Waals surface area contributed by atoms with E-state index in [1.807, 2.05) is 31.2 Å². The zero-order chi connectivity index (χ0) is 24.0. The first-order valence-corrected chi connectivity index (χ1v) is 12.2. The molecule has 0 aliphatic carbocycles. The van der Waals surface area contributed by atoms with Crippen LogP contribution >= 0.6 is 15.9 Å². The van der Waals surface area contributed by atoms with Gasteiger partial charge in [0, 0.05) is 22.4 Å². The molecule has 0 saturated carbocycles. The maximum Gasteiger partial charge on any atom is 0.262 e. The van der Waals surface area contributed by atoms with Crippen LogP contribution in [0.4, 0.5) is 11.4 Å². The number of halogens is 1. The van der Waals surface area contributed by atoms with Gasteiger partial charge in [-0.25, -0.2) is 13.6 Å². The van der Waals surface area contributed by atoms with Crippen molar-refractivity contribution in [3.63, 3.8) is 0 Å². The normalized spacial score (nSPS) is 11.0. The zero-order valence-electron chi connectivity index (χ0n) is 18.1. The molecule has 0 saturated heterocycles. The number of primary sulfonamides is 1. The molecular formula is C23H24BrN3O5S. The second-order valence-electron chi connectivity index (χ2n) is 7.22. The minimum atomic E-state index is -3.73. The van der Waals surface area contributed by atoms with Crippen LogP contribution in [-0.4, -0.2) is 28.0 Å². The largest absolute Gasteiger partial charge is 0.493 e. The minimum Gasteiger partial charge on any atom is -0.493 e. The molecule has 0 aliphatic heterocycles. The summed E-state index contributed by atoms with van der Waals surface area (Å²) in [5.41, 5.74) is 3.40. The molecule has 3 aromatic rings. The third-order valence-electron chi connectivity index (χ3n) is 4.69. The number of hydrogen-bond acceptors (Lipinski definition) is 6. The van der Waals surface area contributed by atoms with Gasteiger partial charge in [-0.05, 0) is 61.0 Å². The number of rotatable bonds is 9. The van der Waals surface area contributed by atoms with E-state index in [0.29, 0.717) is 23.7 Å². The number of hydrogen-bond donors (Lipinski definition) is 3. The molecule has 3 aromatic carbocycles. The molecule has 0 aromatic heterocycles. The Bertz CT molecular complexity index is 1230. The molecule has 0 bridgehead atoms. The van der Waals surface area contributed by atoms with Crippen molar-refractivity contribution in [1.29, 1.82) is 0 Å². The van der Waals surface area contributed by atoms with Gasteiger partial charge in [0.1, 0.15) is 0 Å². The Labute approximate surface area is 201 Å². The predicted molar refractivity (Wildman–Crippen MR) is 131 cm³/mol. The van der Waals surface area contributed by atoms with Gasteiger partial charge in [-0.15, -0.1) is 0 Å². The first-order chi connectivity index (χ1) is 15.7. The number of ether oxygens (including phenoxy) is 2. The molecule has 0 fully saturated rings. The number of carbonyl (C=O) groups excluding carboxylic acids is 1. The maximum absolute atomic E-state index is 12.2. The van der Waals surface area contributed by atoms with Gasteiger partial charge in [0.15, 0.2) is 18.1 Å². The molecule has 4 N–H and O–H groups in total. The van der Waals surface area contributed by atoms with Gasteiger partial charge in [-0.2, -0.15) is 0 Å². The van der Waals surface area contributed by atoms with Crippen molar-refractivity contribution in [1.82, 2.24) is 0 Å². The van der Waals surface area contributed by atoms with E-state index < -0.39 is 10.0 Å². The summed E-state index contributed by atoms with van der Waals surface area (Å²) < 4.78 is 34.6.